The van der Waals surface area contributed by atoms with E-state index in [1.54, 1.807) is 0 Å². The van der Waals surface area contributed by atoms with Crippen molar-refractivity contribution >= 4 is 113 Å². The van der Waals surface area contributed by atoms with Crippen molar-refractivity contribution in [3.8, 4) is 0 Å². The standard InChI is InChI=1S/4ClH.4H2O4S.3Sn/c;;;;4*1-5(2,3)4;;;/h4*1H;4*(H2,1,2,3,4);;;/q;;;;;;;;3*+4/p-12. The van der Waals surface area contributed by atoms with E-state index in [0.717, 1.165) is 0 Å². The van der Waals surface area contributed by atoms with Crippen molar-refractivity contribution in [1.29, 1.82) is 0 Å². The Morgan fingerprint density at radius 1 is 0.296 bits per heavy atom. The van der Waals surface area contributed by atoms with Gasteiger partial charge < -0.3 is 86.1 Å². The van der Waals surface area contributed by atoms with Gasteiger partial charge in [-0.05, 0) is 0 Å². The smallest absolute Gasteiger partial charge is 1.00 e. The Labute approximate surface area is 230 Å². The summed E-state index contributed by atoms with van der Waals surface area (Å²) in [6, 6.07) is 0. The fourth-order valence-corrected chi connectivity index (χ4v) is 0. The van der Waals surface area contributed by atoms with Gasteiger partial charge in [0.15, 0.2) is 0 Å². The molecule has 0 aromatic carbocycles. The topological polar surface area (TPSA) is 321 Å². The summed E-state index contributed by atoms with van der Waals surface area (Å²) >= 11 is 0. The molecule has 0 aromatic heterocycles. The van der Waals surface area contributed by atoms with Crippen molar-refractivity contribution in [2.75, 3.05) is 0 Å². The predicted octanol–water partition coefficient (Wildman–Crippen LogP) is -18.5. The van der Waals surface area contributed by atoms with Crippen molar-refractivity contribution in [2.24, 2.45) is 0 Å². The number of hydrogen-bond donors (Lipinski definition) is 0. The van der Waals surface area contributed by atoms with Gasteiger partial charge in [-0.3, -0.25) is 33.7 Å². The molecular formula is Cl4O16S4Sn3. The molecule has 0 unspecified atom stereocenters. The van der Waals surface area contributed by atoms with Gasteiger partial charge >= 0.3 is 71.7 Å². The van der Waals surface area contributed by atoms with Gasteiger partial charge in [-0.25, -0.2) is 0 Å². The molecule has 0 rings (SSSR count). The van der Waals surface area contributed by atoms with E-state index in [0.29, 0.717) is 0 Å². The Morgan fingerprint density at radius 2 is 0.296 bits per heavy atom. The summed E-state index contributed by atoms with van der Waals surface area (Å²) in [6.07, 6.45) is 0. The first-order valence-corrected chi connectivity index (χ1v) is 8.00. The molecule has 27 heavy (non-hydrogen) atoms. The van der Waals surface area contributed by atoms with Crippen LogP contribution in [0.1, 0.15) is 0 Å². The second-order valence-electron chi connectivity index (χ2n) is 1.63. The number of rotatable bonds is 0. The monoisotopic (exact) mass is 883 g/mol. The van der Waals surface area contributed by atoms with Crippen LogP contribution < -0.4 is 49.6 Å². The minimum Gasteiger partial charge on any atom is -1.00 e. The van der Waals surface area contributed by atoms with Crippen LogP contribution in [0.15, 0.2) is 0 Å². The van der Waals surface area contributed by atoms with Gasteiger partial charge in [0.25, 0.3) is 0 Å². The van der Waals surface area contributed by atoms with Gasteiger partial charge in [-0.2, -0.15) is 0 Å². The van der Waals surface area contributed by atoms with E-state index >= 15 is 0 Å². The minimum atomic E-state index is -5.17. The second kappa shape index (κ2) is 31.2. The van der Waals surface area contributed by atoms with Crippen LogP contribution in [0.5, 0.6) is 0 Å². The maximum atomic E-state index is 8.52. The maximum Gasteiger partial charge on any atom is 4.00 e. The molecule has 0 aliphatic heterocycles. The molecule has 0 atom stereocenters. The fourth-order valence-electron chi connectivity index (χ4n) is 0. The Hall–Kier alpha value is 3.04. The molecule has 0 saturated heterocycles. The molecule has 0 aliphatic rings. The normalized spacial score (nSPS) is 8.59. The largest absolute Gasteiger partial charge is 4.00 e. The van der Waals surface area contributed by atoms with Crippen LogP contribution in [0.3, 0.4) is 0 Å². The molecule has 0 heterocycles. The van der Waals surface area contributed by atoms with E-state index in [9.17, 15) is 0 Å². The van der Waals surface area contributed by atoms with Gasteiger partial charge in [-0.1, -0.05) is 0 Å². The zero-order valence-electron chi connectivity index (χ0n) is 11.2. The first-order valence-electron chi connectivity index (χ1n) is 2.67. The van der Waals surface area contributed by atoms with Crippen molar-refractivity contribution < 1.29 is 120 Å². The van der Waals surface area contributed by atoms with E-state index in [1.165, 1.54) is 0 Å². The molecule has 0 bridgehead atoms. The van der Waals surface area contributed by atoms with Gasteiger partial charge in [0.2, 0.25) is 0 Å². The quantitative estimate of drug-likeness (QED) is 0.124. The molecule has 0 amide bonds. The van der Waals surface area contributed by atoms with Crippen LogP contribution in [0.25, 0.3) is 0 Å². The molecule has 0 radical (unpaired) electrons. The Morgan fingerprint density at radius 3 is 0.296 bits per heavy atom. The van der Waals surface area contributed by atoms with Crippen molar-refractivity contribution in [3.05, 3.63) is 0 Å². The van der Waals surface area contributed by atoms with Crippen LogP contribution in [-0.2, 0) is 41.6 Å². The molecule has 0 saturated carbocycles. The average molecular weight is 882 g/mol. The summed E-state index contributed by atoms with van der Waals surface area (Å²) in [6.45, 7) is 0. The Kier molecular flexibility index (Phi) is 80.8. The van der Waals surface area contributed by atoms with E-state index in [1.807, 2.05) is 0 Å². The Bertz CT molecular complexity index is 496. The summed E-state index contributed by atoms with van der Waals surface area (Å²) in [7, 11) is -20.7. The first kappa shape index (κ1) is 69.9. The number of halogens is 4. The third-order valence-electron chi connectivity index (χ3n) is 0. The third-order valence-corrected chi connectivity index (χ3v) is 0. The molecule has 0 aliphatic carbocycles. The molecule has 0 spiro atoms. The fraction of sp³-hybridized carbons (Fsp3) is 0. The molecule has 27 heteroatoms. The summed E-state index contributed by atoms with van der Waals surface area (Å²) < 4.78 is 136. The third kappa shape index (κ3) is 2300. The number of hydrogen-bond acceptors (Lipinski definition) is 16. The first-order chi connectivity index (χ1) is 8.00. The maximum absolute atomic E-state index is 8.52. The van der Waals surface area contributed by atoms with Crippen molar-refractivity contribution in [2.45, 2.75) is 0 Å². The van der Waals surface area contributed by atoms with Crippen molar-refractivity contribution in [3.63, 3.8) is 0 Å². The van der Waals surface area contributed by atoms with Crippen LogP contribution in [0.2, 0.25) is 0 Å². The summed E-state index contributed by atoms with van der Waals surface area (Å²) in [5, 5.41) is 0. The molecule has 0 fully saturated rings. The molecule has 0 N–H and O–H groups in total. The summed E-state index contributed by atoms with van der Waals surface area (Å²) in [4.78, 5) is 0. The molecule has 16 nitrogen and oxygen atoms in total. The summed E-state index contributed by atoms with van der Waals surface area (Å²) in [5.74, 6) is 0. The van der Waals surface area contributed by atoms with E-state index in [-0.39, 0.29) is 121 Å². The second-order valence-corrected chi connectivity index (χ2v) is 4.90. The van der Waals surface area contributed by atoms with E-state index < -0.39 is 41.6 Å². The molecule has 0 aromatic rings. The zero-order chi connectivity index (χ0) is 18.0. The molecular weight excluding hydrogens is 882 g/mol. The van der Waals surface area contributed by atoms with Crippen molar-refractivity contribution in [1.82, 2.24) is 0 Å². The minimum absolute atomic E-state index is 0. The van der Waals surface area contributed by atoms with Crippen LogP contribution >= 0.6 is 0 Å². The van der Waals surface area contributed by atoms with E-state index in [2.05, 4.69) is 0 Å². The predicted molar refractivity (Wildman–Crippen MR) is 59.2 cm³/mol. The van der Waals surface area contributed by atoms with Crippen LogP contribution in [-0.4, -0.2) is 142 Å². The van der Waals surface area contributed by atoms with Gasteiger partial charge in [0.05, 0.1) is 0 Å². The average Bonchev–Trinajstić information content (AvgIpc) is 1.62. The zero-order valence-corrected chi connectivity index (χ0v) is 26.0. The van der Waals surface area contributed by atoms with E-state index in [4.69, 9.17) is 70.1 Å². The van der Waals surface area contributed by atoms with Gasteiger partial charge in [0, 0.05) is 41.6 Å². The van der Waals surface area contributed by atoms with Gasteiger partial charge in [0.1, 0.15) is 0 Å². The van der Waals surface area contributed by atoms with Gasteiger partial charge in [-0.15, -0.1) is 0 Å². The van der Waals surface area contributed by atoms with Crippen LogP contribution in [0, 0.1) is 0 Å². The molecule has 160 valence electrons. The SMILES string of the molecule is O=S(=O)([O-])[O-].O=S(=O)([O-])[O-].O=S(=O)([O-])[O-].O=S(=O)([O-])[O-].[Cl-].[Cl-].[Cl-].[Cl-].[Sn+4].[Sn+4].[Sn+4]. The van der Waals surface area contributed by atoms with Crippen LogP contribution in [0.4, 0.5) is 0 Å². The summed E-state index contributed by atoms with van der Waals surface area (Å²) in [5.41, 5.74) is 0. The Balaban J connectivity index is -0.0000000129.